The molecular weight excluding hydrogens is 444 g/mol. The minimum absolute atomic E-state index is 0.137. The van der Waals surface area contributed by atoms with Gasteiger partial charge in [-0.05, 0) is 20.3 Å². The minimum atomic E-state index is -1.48. The Kier molecular flexibility index (Phi) is 8.68. The molecule has 3 aliphatic rings. The van der Waals surface area contributed by atoms with Crippen molar-refractivity contribution in [1.29, 1.82) is 0 Å². The van der Waals surface area contributed by atoms with Crippen LogP contribution in [0, 0.1) is 0 Å². The van der Waals surface area contributed by atoms with E-state index in [1.54, 1.807) is 6.92 Å². The highest BCUT2D eigenvalue weighted by atomic mass is 16.7. The lowest BCUT2D eigenvalue weighted by Gasteiger charge is -2.47. The van der Waals surface area contributed by atoms with Crippen molar-refractivity contribution in [3.63, 3.8) is 0 Å². The van der Waals surface area contributed by atoms with Gasteiger partial charge < -0.3 is 72.5 Å². The Morgan fingerprint density at radius 1 is 0.727 bits per heavy atom. The largest absolute Gasteiger partial charge is 0.391 e. The molecule has 3 rings (SSSR count). The van der Waals surface area contributed by atoms with Gasteiger partial charge in [0.2, 0.25) is 0 Å². The van der Waals surface area contributed by atoms with Crippen LogP contribution in [0.25, 0.3) is 0 Å². The number of hydrogen-bond acceptors (Lipinski definition) is 14. The number of nitrogens with two attached hydrogens (primary N) is 4. The molecule has 2 heterocycles. The molecule has 33 heavy (non-hydrogen) atoms. The lowest BCUT2D eigenvalue weighted by atomic mass is 9.84. The molecule has 0 amide bonds. The van der Waals surface area contributed by atoms with Crippen LogP contribution in [0.3, 0.4) is 0 Å². The Labute approximate surface area is 191 Å². The molecule has 0 aromatic rings. The van der Waals surface area contributed by atoms with Crippen molar-refractivity contribution in [2.45, 2.75) is 118 Å². The second-order valence-corrected chi connectivity index (χ2v) is 9.33. The molecule has 0 radical (unpaired) electrons. The Hall–Kier alpha value is -0.560. The summed E-state index contributed by atoms with van der Waals surface area (Å²) < 4.78 is 22.9. The summed E-state index contributed by atoms with van der Waals surface area (Å²) in [7, 11) is 0. The molecule has 3 fully saturated rings. The lowest BCUT2D eigenvalue weighted by molar-refractivity contribution is -0.315. The fraction of sp³-hybridized carbons (Fsp3) is 1.00. The smallest absolute Gasteiger partial charge is 0.187 e. The van der Waals surface area contributed by atoms with Crippen LogP contribution in [0.15, 0.2) is 0 Å². The van der Waals surface area contributed by atoms with E-state index in [1.165, 1.54) is 6.92 Å². The second-order valence-electron chi connectivity index (χ2n) is 9.33. The first-order valence-corrected chi connectivity index (χ1v) is 11.1. The number of aliphatic hydroxyl groups is 6. The Balaban J connectivity index is 1.80. The number of hydrogen-bond donors (Lipinski definition) is 10. The quantitative estimate of drug-likeness (QED) is 0.169. The van der Waals surface area contributed by atoms with Crippen molar-refractivity contribution in [2.75, 3.05) is 0 Å². The standard InChI is InChI=1S/C19H38N4O10/c1-4(20)14-12(28)13(29)19(30-14)33-17-9(25)6(21)3-7(22)16(17)32-18-8(23)10(26)11(27)15(31-18)5(2)24/h4-19,24-29H,3,20-23H2,1-2H3/t4-,5-,6-,7?,8?,9-,10-,11+,12?,13+,14-,15?,16-,17?,18-,19+/m1/s1. The molecule has 1 saturated carbocycles. The van der Waals surface area contributed by atoms with Crippen LogP contribution in [0.4, 0.5) is 0 Å². The van der Waals surface area contributed by atoms with Crippen molar-refractivity contribution in [1.82, 2.24) is 0 Å². The fourth-order valence-corrected chi connectivity index (χ4v) is 4.57. The van der Waals surface area contributed by atoms with Crippen LogP contribution in [0.5, 0.6) is 0 Å². The fourth-order valence-electron chi connectivity index (χ4n) is 4.57. The minimum Gasteiger partial charge on any atom is -0.391 e. The summed E-state index contributed by atoms with van der Waals surface area (Å²) >= 11 is 0. The van der Waals surface area contributed by atoms with Crippen LogP contribution >= 0.6 is 0 Å². The molecule has 1 aliphatic carbocycles. The van der Waals surface area contributed by atoms with Gasteiger partial charge in [0.1, 0.15) is 48.8 Å². The zero-order valence-corrected chi connectivity index (χ0v) is 18.6. The number of rotatable bonds is 6. The van der Waals surface area contributed by atoms with Crippen molar-refractivity contribution in [3.05, 3.63) is 0 Å². The molecule has 14 N–H and O–H groups in total. The molecular formula is C19H38N4O10. The summed E-state index contributed by atoms with van der Waals surface area (Å²) in [6, 6.07) is -3.41. The first kappa shape index (κ1) is 27.0. The van der Waals surface area contributed by atoms with Crippen LogP contribution in [0.1, 0.15) is 20.3 Å². The topological polar surface area (TPSA) is 262 Å². The molecule has 2 aliphatic heterocycles. The van der Waals surface area contributed by atoms with Crippen LogP contribution in [-0.4, -0.2) is 128 Å². The van der Waals surface area contributed by atoms with Gasteiger partial charge in [0.15, 0.2) is 12.6 Å². The van der Waals surface area contributed by atoms with Crippen molar-refractivity contribution >= 4 is 0 Å². The summed E-state index contributed by atoms with van der Waals surface area (Å²) in [6.45, 7) is 2.96. The first-order valence-electron chi connectivity index (χ1n) is 11.1. The summed E-state index contributed by atoms with van der Waals surface area (Å²) in [6.07, 6.45) is -15.2. The summed E-state index contributed by atoms with van der Waals surface area (Å²) in [5.74, 6) is 0. The third-order valence-electron chi connectivity index (χ3n) is 6.58. The third kappa shape index (κ3) is 5.34. The molecule has 0 aromatic carbocycles. The van der Waals surface area contributed by atoms with Crippen LogP contribution in [0.2, 0.25) is 0 Å². The maximum Gasteiger partial charge on any atom is 0.187 e. The Morgan fingerprint density at radius 3 is 1.82 bits per heavy atom. The van der Waals surface area contributed by atoms with Gasteiger partial charge in [-0.2, -0.15) is 0 Å². The normalized spacial score (nSPS) is 53.1. The molecule has 0 bridgehead atoms. The number of ether oxygens (including phenoxy) is 4. The Bertz CT molecular complexity index is 648. The molecule has 2 saturated heterocycles. The van der Waals surface area contributed by atoms with Gasteiger partial charge in [0.25, 0.3) is 0 Å². The van der Waals surface area contributed by atoms with Gasteiger partial charge in [-0.1, -0.05) is 0 Å². The highest BCUT2D eigenvalue weighted by Crippen LogP contribution is 2.32. The highest BCUT2D eigenvalue weighted by Gasteiger charge is 2.52. The van der Waals surface area contributed by atoms with Crippen molar-refractivity contribution < 1.29 is 49.6 Å². The second kappa shape index (κ2) is 10.6. The average Bonchev–Trinajstić information content (AvgIpc) is 3.02. The van der Waals surface area contributed by atoms with Gasteiger partial charge in [0.05, 0.1) is 18.2 Å². The summed E-state index contributed by atoms with van der Waals surface area (Å²) in [5.41, 5.74) is 24.0. The van der Waals surface area contributed by atoms with Gasteiger partial charge in [0, 0.05) is 18.1 Å². The van der Waals surface area contributed by atoms with E-state index in [4.69, 9.17) is 41.9 Å². The molecule has 14 nitrogen and oxygen atoms in total. The molecule has 0 aromatic heterocycles. The maximum atomic E-state index is 10.7. The van der Waals surface area contributed by atoms with Gasteiger partial charge >= 0.3 is 0 Å². The average molecular weight is 483 g/mol. The zero-order valence-electron chi connectivity index (χ0n) is 18.6. The summed E-state index contributed by atoms with van der Waals surface area (Å²) in [5, 5.41) is 61.6. The van der Waals surface area contributed by atoms with E-state index in [2.05, 4.69) is 0 Å². The van der Waals surface area contributed by atoms with E-state index in [1.807, 2.05) is 0 Å². The van der Waals surface area contributed by atoms with Gasteiger partial charge in [-0.3, -0.25) is 0 Å². The van der Waals surface area contributed by atoms with E-state index < -0.39 is 97.8 Å². The molecule has 16 atom stereocenters. The predicted molar refractivity (Wildman–Crippen MR) is 111 cm³/mol. The molecule has 0 spiro atoms. The summed E-state index contributed by atoms with van der Waals surface area (Å²) in [4.78, 5) is 0. The van der Waals surface area contributed by atoms with E-state index in [0.717, 1.165) is 0 Å². The number of aliphatic hydroxyl groups excluding tert-OH is 6. The van der Waals surface area contributed by atoms with Crippen LogP contribution < -0.4 is 22.9 Å². The molecule has 14 heteroatoms. The van der Waals surface area contributed by atoms with Gasteiger partial charge in [-0.25, -0.2) is 0 Å². The highest BCUT2D eigenvalue weighted by molar-refractivity contribution is 5.02. The zero-order chi connectivity index (χ0) is 24.8. The monoisotopic (exact) mass is 482 g/mol. The van der Waals surface area contributed by atoms with E-state index in [9.17, 15) is 30.6 Å². The SMILES string of the molecule is C[C@@H](O)C1O[C@H](O[C@@H]2C(N)C[C@@H](N)[C@@H](O)C2O[C@@H]2O[C@H]([C@@H](C)N)C(O)[C@@H]2O)C(N)[C@@H](O)[C@@H]1O. The molecule has 5 unspecified atom stereocenters. The van der Waals surface area contributed by atoms with E-state index in [0.29, 0.717) is 0 Å². The van der Waals surface area contributed by atoms with E-state index >= 15 is 0 Å². The maximum absolute atomic E-state index is 10.7. The van der Waals surface area contributed by atoms with Crippen molar-refractivity contribution in [3.8, 4) is 0 Å². The van der Waals surface area contributed by atoms with Crippen molar-refractivity contribution in [2.24, 2.45) is 22.9 Å². The third-order valence-corrected chi connectivity index (χ3v) is 6.58. The lowest BCUT2D eigenvalue weighted by Crippen LogP contribution is -2.68. The molecule has 194 valence electrons. The first-order chi connectivity index (χ1) is 15.3. The predicted octanol–water partition coefficient (Wildman–Crippen LogP) is -5.88. The Morgan fingerprint density at radius 2 is 1.27 bits per heavy atom. The van der Waals surface area contributed by atoms with Crippen LogP contribution in [-0.2, 0) is 18.9 Å². The van der Waals surface area contributed by atoms with Gasteiger partial charge in [-0.15, -0.1) is 0 Å². The van der Waals surface area contributed by atoms with E-state index in [-0.39, 0.29) is 6.42 Å².